The van der Waals surface area contributed by atoms with E-state index in [1.54, 1.807) is 12.3 Å². The lowest BCUT2D eigenvalue weighted by molar-refractivity contribution is 0.372. The number of nitrogen functional groups attached to an aromatic ring is 3. The van der Waals surface area contributed by atoms with Crippen LogP contribution in [0.1, 0.15) is 29.5 Å². The number of allylic oxidation sites excluding steroid dienone is 1. The maximum atomic E-state index is 6.10. The lowest BCUT2D eigenvalue weighted by atomic mass is 9.90. The Morgan fingerprint density at radius 1 is 1.20 bits per heavy atom. The predicted molar refractivity (Wildman–Crippen MR) is 125 cm³/mol. The van der Waals surface area contributed by atoms with Gasteiger partial charge in [-0.25, -0.2) is 10.8 Å². The molecule has 0 bridgehead atoms. The van der Waals surface area contributed by atoms with Crippen LogP contribution in [-0.4, -0.2) is 24.3 Å². The van der Waals surface area contributed by atoms with Crippen molar-refractivity contribution in [3.63, 3.8) is 0 Å². The minimum absolute atomic E-state index is 0.339. The van der Waals surface area contributed by atoms with Gasteiger partial charge >= 0.3 is 0 Å². The van der Waals surface area contributed by atoms with Gasteiger partial charge in [0.25, 0.3) is 0 Å². The van der Waals surface area contributed by atoms with Crippen LogP contribution in [0.15, 0.2) is 47.1 Å². The molecule has 8 heteroatoms. The molecule has 30 heavy (non-hydrogen) atoms. The van der Waals surface area contributed by atoms with Gasteiger partial charge in [0, 0.05) is 12.6 Å². The van der Waals surface area contributed by atoms with E-state index in [2.05, 4.69) is 45.0 Å². The highest BCUT2D eigenvalue weighted by molar-refractivity contribution is 5.80. The molecule has 0 saturated carbocycles. The van der Waals surface area contributed by atoms with Crippen molar-refractivity contribution in [2.45, 2.75) is 32.2 Å². The molecular weight excluding hydrogens is 376 g/mol. The molecule has 0 spiro atoms. The largest absolute Gasteiger partial charge is 0.404 e. The van der Waals surface area contributed by atoms with Gasteiger partial charge in [0.1, 0.15) is 5.82 Å². The smallest absolute Gasteiger partial charge is 0.165 e. The van der Waals surface area contributed by atoms with Crippen molar-refractivity contribution in [3.05, 3.63) is 58.8 Å². The molecule has 0 radical (unpaired) electrons. The average molecular weight is 409 g/mol. The highest BCUT2D eigenvalue weighted by Gasteiger charge is 2.13. The molecule has 0 amide bonds. The van der Waals surface area contributed by atoms with Crippen LogP contribution in [0.25, 0.3) is 0 Å². The normalized spacial score (nSPS) is 15.6. The summed E-state index contributed by atoms with van der Waals surface area (Å²) in [6, 6.07) is 10.4. The summed E-state index contributed by atoms with van der Waals surface area (Å²) in [5.74, 6) is 6.91. The number of piperidine rings is 1. The van der Waals surface area contributed by atoms with Gasteiger partial charge in [0.2, 0.25) is 0 Å². The van der Waals surface area contributed by atoms with Gasteiger partial charge in [-0.3, -0.25) is 4.99 Å². The Kier molecular flexibility index (Phi) is 7.64. The van der Waals surface area contributed by atoms with E-state index in [-0.39, 0.29) is 0 Å². The Morgan fingerprint density at radius 3 is 2.70 bits per heavy atom. The number of hydrogen-bond donors (Lipinski definition) is 6. The van der Waals surface area contributed by atoms with E-state index in [4.69, 9.17) is 23.0 Å². The van der Waals surface area contributed by atoms with Crippen LogP contribution in [-0.2, 0) is 19.4 Å². The molecule has 1 aromatic carbocycles. The highest BCUT2D eigenvalue weighted by atomic mass is 15.3. The summed E-state index contributed by atoms with van der Waals surface area (Å²) in [6.45, 7) is 2.85. The van der Waals surface area contributed by atoms with Crippen LogP contribution in [0.3, 0.4) is 0 Å². The first-order chi connectivity index (χ1) is 14.6. The van der Waals surface area contributed by atoms with Gasteiger partial charge in [0.05, 0.1) is 12.2 Å². The van der Waals surface area contributed by atoms with Crippen molar-refractivity contribution < 1.29 is 0 Å². The van der Waals surface area contributed by atoms with Crippen molar-refractivity contribution in [1.82, 2.24) is 10.3 Å². The molecule has 1 aromatic heterocycles. The Bertz CT molecular complexity index is 900. The zero-order valence-electron chi connectivity index (χ0n) is 17.3. The number of aliphatic imine (C=N–C) groups is 1. The van der Waals surface area contributed by atoms with Crippen LogP contribution in [0.2, 0.25) is 0 Å². The van der Waals surface area contributed by atoms with Crippen LogP contribution < -0.4 is 33.8 Å². The first-order valence-corrected chi connectivity index (χ1v) is 10.3. The van der Waals surface area contributed by atoms with Gasteiger partial charge in [-0.15, -0.1) is 0 Å². The maximum absolute atomic E-state index is 6.10. The molecule has 0 aliphatic carbocycles. The molecule has 2 aromatic rings. The number of pyridine rings is 1. The number of hydrogen-bond acceptors (Lipinski definition) is 8. The summed E-state index contributed by atoms with van der Waals surface area (Å²) >= 11 is 0. The lowest BCUT2D eigenvalue weighted by Crippen LogP contribution is -2.28. The first-order valence-electron chi connectivity index (χ1n) is 10.3. The molecule has 8 nitrogen and oxygen atoms in total. The molecule has 2 heterocycles. The molecule has 1 fully saturated rings. The van der Waals surface area contributed by atoms with E-state index in [0.29, 0.717) is 30.3 Å². The first kappa shape index (κ1) is 21.6. The second kappa shape index (κ2) is 10.6. The number of anilines is 3. The highest BCUT2D eigenvalue weighted by Crippen LogP contribution is 2.24. The van der Waals surface area contributed by atoms with Crippen molar-refractivity contribution >= 4 is 23.5 Å². The number of hydrazine groups is 1. The Hall–Kier alpha value is -3.10. The summed E-state index contributed by atoms with van der Waals surface area (Å²) in [4.78, 5) is 8.65. The fourth-order valence-electron chi connectivity index (χ4n) is 3.80. The van der Waals surface area contributed by atoms with E-state index < -0.39 is 0 Å². The zero-order valence-corrected chi connectivity index (χ0v) is 17.3. The van der Waals surface area contributed by atoms with E-state index in [1.165, 1.54) is 30.2 Å². The fourth-order valence-corrected chi connectivity index (χ4v) is 3.80. The second-order valence-corrected chi connectivity index (χ2v) is 7.72. The van der Waals surface area contributed by atoms with Gasteiger partial charge in [-0.2, -0.15) is 0 Å². The molecule has 3 rings (SSSR count). The van der Waals surface area contributed by atoms with Gasteiger partial charge in [-0.1, -0.05) is 24.3 Å². The van der Waals surface area contributed by atoms with Crippen molar-refractivity contribution in [3.8, 4) is 0 Å². The number of benzene rings is 1. The third kappa shape index (κ3) is 5.95. The van der Waals surface area contributed by atoms with Crippen LogP contribution in [0.4, 0.5) is 17.3 Å². The second-order valence-electron chi connectivity index (χ2n) is 7.72. The van der Waals surface area contributed by atoms with E-state index in [0.717, 1.165) is 36.6 Å². The zero-order chi connectivity index (χ0) is 21.3. The number of aromatic nitrogens is 1. The summed E-state index contributed by atoms with van der Waals surface area (Å²) in [7, 11) is 0. The van der Waals surface area contributed by atoms with Crippen molar-refractivity contribution in [2.24, 2.45) is 22.5 Å². The van der Waals surface area contributed by atoms with E-state index >= 15 is 0 Å². The SMILES string of the molecule is NC=C(C=NCc1cccc(CC2CCNCC2)c1)Cc1cc(N)nc(NN)c1N. The predicted octanol–water partition coefficient (Wildman–Crippen LogP) is 1.73. The third-order valence-electron chi connectivity index (χ3n) is 5.41. The van der Waals surface area contributed by atoms with Crippen LogP contribution in [0, 0.1) is 5.92 Å². The topological polar surface area (TPSA) is 153 Å². The molecule has 0 unspecified atom stereocenters. The molecule has 160 valence electrons. The standard InChI is InChI=1S/C22H32N8/c23-12-18(10-19-11-20(24)29-22(30-26)21(19)25)14-28-13-17-3-1-2-16(9-17)8-15-4-6-27-7-5-15/h1-3,9,11-12,14-15,27H,4-8,10,13,23,25-26H2,(H3,24,29,30). The number of nitrogens with zero attached hydrogens (tertiary/aromatic N) is 2. The molecule has 1 aliphatic rings. The van der Waals surface area contributed by atoms with Crippen LogP contribution in [0.5, 0.6) is 0 Å². The van der Waals surface area contributed by atoms with E-state index in [1.807, 2.05) is 0 Å². The third-order valence-corrected chi connectivity index (χ3v) is 5.41. The summed E-state index contributed by atoms with van der Waals surface area (Å²) in [5, 5.41) is 3.42. The fraction of sp³-hybridized carbons (Fsp3) is 0.364. The van der Waals surface area contributed by atoms with Crippen molar-refractivity contribution in [1.29, 1.82) is 0 Å². The lowest BCUT2D eigenvalue weighted by Gasteiger charge is -2.22. The molecular formula is C22H32N8. The van der Waals surface area contributed by atoms with Crippen LogP contribution >= 0.6 is 0 Å². The molecule has 10 N–H and O–H groups in total. The molecule has 0 atom stereocenters. The number of nitrogens with two attached hydrogens (primary N) is 4. The Balaban J connectivity index is 1.61. The Morgan fingerprint density at radius 2 is 1.97 bits per heavy atom. The summed E-state index contributed by atoms with van der Waals surface area (Å²) in [5.41, 5.74) is 24.8. The van der Waals surface area contributed by atoms with E-state index in [9.17, 15) is 0 Å². The minimum atomic E-state index is 0.339. The number of rotatable bonds is 8. The van der Waals surface area contributed by atoms with Gasteiger partial charge in [-0.05, 0) is 72.8 Å². The van der Waals surface area contributed by atoms with Gasteiger partial charge in [0.15, 0.2) is 5.82 Å². The number of nitrogens with one attached hydrogen (secondary N) is 2. The average Bonchev–Trinajstić information content (AvgIpc) is 2.76. The monoisotopic (exact) mass is 408 g/mol. The van der Waals surface area contributed by atoms with Crippen molar-refractivity contribution in [2.75, 3.05) is 30.0 Å². The molecule has 1 saturated heterocycles. The quantitative estimate of drug-likeness (QED) is 0.221. The summed E-state index contributed by atoms with van der Waals surface area (Å²) in [6.07, 6.45) is 7.43. The summed E-state index contributed by atoms with van der Waals surface area (Å²) < 4.78 is 0. The van der Waals surface area contributed by atoms with Gasteiger partial charge < -0.3 is 27.9 Å². The maximum Gasteiger partial charge on any atom is 0.165 e. The minimum Gasteiger partial charge on any atom is -0.404 e. The molecule has 1 aliphatic heterocycles. The Labute approximate surface area is 177 Å².